The molecule has 2 amide bonds. The summed E-state index contributed by atoms with van der Waals surface area (Å²) in [5.41, 5.74) is 0.753. The Morgan fingerprint density at radius 2 is 2.00 bits per heavy atom. The topological polar surface area (TPSA) is 58.2 Å². The molecule has 92 valence electrons. The molecule has 0 bridgehead atoms. The molecule has 2 N–H and O–H groups in total. The summed E-state index contributed by atoms with van der Waals surface area (Å²) in [5.74, 6) is -1.92. The van der Waals surface area contributed by atoms with E-state index in [0.29, 0.717) is 12.1 Å². The molecule has 4 nitrogen and oxygen atoms in total. The number of hydrogen-bond donors (Lipinski definition) is 2. The van der Waals surface area contributed by atoms with Crippen molar-refractivity contribution >= 4 is 17.5 Å². The summed E-state index contributed by atoms with van der Waals surface area (Å²) in [5, 5.41) is 4.76. The molecule has 0 aromatic heterocycles. The third-order valence-electron chi connectivity index (χ3n) is 2.17. The number of anilines is 1. The molecule has 0 aliphatic heterocycles. The minimum absolute atomic E-state index is 0.268. The molecule has 5 heteroatoms. The SMILES string of the molecule is CCCNC(=O)C(=O)Nc1ccc(C)c(F)c1. The van der Waals surface area contributed by atoms with Gasteiger partial charge in [0.25, 0.3) is 0 Å². The van der Waals surface area contributed by atoms with Crippen LogP contribution < -0.4 is 10.6 Å². The van der Waals surface area contributed by atoms with E-state index >= 15 is 0 Å². The molecule has 0 aliphatic rings. The molecule has 0 saturated heterocycles. The van der Waals surface area contributed by atoms with Crippen molar-refractivity contribution in [1.29, 1.82) is 0 Å². The Morgan fingerprint density at radius 3 is 2.59 bits per heavy atom. The van der Waals surface area contributed by atoms with Crippen LogP contribution in [0.25, 0.3) is 0 Å². The number of amides is 2. The maximum atomic E-state index is 13.2. The van der Waals surface area contributed by atoms with Gasteiger partial charge in [0, 0.05) is 12.2 Å². The predicted molar refractivity (Wildman–Crippen MR) is 63.1 cm³/mol. The summed E-state index contributed by atoms with van der Waals surface area (Å²) in [6, 6.07) is 4.26. The zero-order chi connectivity index (χ0) is 12.8. The van der Waals surface area contributed by atoms with E-state index in [-0.39, 0.29) is 5.69 Å². The Morgan fingerprint density at radius 1 is 1.29 bits per heavy atom. The van der Waals surface area contributed by atoms with Crippen molar-refractivity contribution in [2.45, 2.75) is 20.3 Å². The zero-order valence-corrected chi connectivity index (χ0v) is 9.84. The first-order chi connectivity index (χ1) is 8.04. The second-order valence-electron chi connectivity index (χ2n) is 3.67. The lowest BCUT2D eigenvalue weighted by Gasteiger charge is -2.06. The summed E-state index contributed by atoms with van der Waals surface area (Å²) >= 11 is 0. The van der Waals surface area contributed by atoms with Crippen molar-refractivity contribution in [2.75, 3.05) is 11.9 Å². The fraction of sp³-hybridized carbons (Fsp3) is 0.333. The van der Waals surface area contributed by atoms with Crippen molar-refractivity contribution in [3.8, 4) is 0 Å². The van der Waals surface area contributed by atoms with Crippen LogP contribution in [0.1, 0.15) is 18.9 Å². The molecule has 0 saturated carbocycles. The van der Waals surface area contributed by atoms with Crippen LogP contribution in [0.15, 0.2) is 18.2 Å². The molecule has 0 aliphatic carbocycles. The molecule has 0 spiro atoms. The Kier molecular flexibility index (Phi) is 4.63. The highest BCUT2D eigenvalue weighted by Crippen LogP contribution is 2.13. The minimum atomic E-state index is -0.790. The van der Waals surface area contributed by atoms with Gasteiger partial charge < -0.3 is 10.6 Å². The van der Waals surface area contributed by atoms with Crippen LogP contribution in [0, 0.1) is 12.7 Å². The highest BCUT2D eigenvalue weighted by atomic mass is 19.1. The lowest BCUT2D eigenvalue weighted by Crippen LogP contribution is -2.35. The van der Waals surface area contributed by atoms with Crippen molar-refractivity contribution < 1.29 is 14.0 Å². The van der Waals surface area contributed by atoms with Gasteiger partial charge in [0.15, 0.2) is 0 Å². The van der Waals surface area contributed by atoms with Gasteiger partial charge in [-0.1, -0.05) is 13.0 Å². The molecule has 17 heavy (non-hydrogen) atoms. The largest absolute Gasteiger partial charge is 0.348 e. The number of nitrogens with one attached hydrogen (secondary N) is 2. The number of hydrogen-bond acceptors (Lipinski definition) is 2. The van der Waals surface area contributed by atoms with Gasteiger partial charge in [-0.3, -0.25) is 9.59 Å². The fourth-order valence-electron chi connectivity index (χ4n) is 1.18. The van der Waals surface area contributed by atoms with Gasteiger partial charge in [-0.15, -0.1) is 0 Å². The quantitative estimate of drug-likeness (QED) is 0.786. The zero-order valence-electron chi connectivity index (χ0n) is 9.84. The monoisotopic (exact) mass is 238 g/mol. The summed E-state index contributed by atoms with van der Waals surface area (Å²) in [6.07, 6.45) is 0.748. The molecule has 1 aromatic rings. The molecule has 0 unspecified atom stereocenters. The van der Waals surface area contributed by atoms with Gasteiger partial charge >= 0.3 is 11.8 Å². The second-order valence-corrected chi connectivity index (χ2v) is 3.67. The number of rotatable bonds is 3. The van der Waals surface area contributed by atoms with Crippen LogP contribution in [-0.4, -0.2) is 18.4 Å². The first-order valence-corrected chi connectivity index (χ1v) is 5.40. The third kappa shape index (κ3) is 3.86. The third-order valence-corrected chi connectivity index (χ3v) is 2.17. The van der Waals surface area contributed by atoms with Gasteiger partial charge in [0.05, 0.1) is 0 Å². The van der Waals surface area contributed by atoms with Gasteiger partial charge in [-0.25, -0.2) is 4.39 Å². The summed E-state index contributed by atoms with van der Waals surface area (Å²) in [7, 11) is 0. The van der Waals surface area contributed by atoms with Crippen molar-refractivity contribution in [3.05, 3.63) is 29.6 Å². The van der Waals surface area contributed by atoms with Crippen LogP contribution in [0.4, 0.5) is 10.1 Å². The number of carbonyl (C=O) groups is 2. The lowest BCUT2D eigenvalue weighted by atomic mass is 10.2. The number of aryl methyl sites for hydroxylation is 1. The molecule has 0 heterocycles. The maximum Gasteiger partial charge on any atom is 0.313 e. The highest BCUT2D eigenvalue weighted by Gasteiger charge is 2.13. The average molecular weight is 238 g/mol. The van der Waals surface area contributed by atoms with Crippen LogP contribution >= 0.6 is 0 Å². The first-order valence-electron chi connectivity index (χ1n) is 5.40. The smallest absolute Gasteiger partial charge is 0.313 e. The van der Waals surface area contributed by atoms with Gasteiger partial charge in [0.2, 0.25) is 0 Å². The van der Waals surface area contributed by atoms with E-state index in [2.05, 4.69) is 10.6 Å². The van der Waals surface area contributed by atoms with Crippen LogP contribution in [0.5, 0.6) is 0 Å². The van der Waals surface area contributed by atoms with Gasteiger partial charge in [0.1, 0.15) is 5.82 Å². The van der Waals surface area contributed by atoms with Gasteiger partial charge in [-0.05, 0) is 31.0 Å². The van der Waals surface area contributed by atoms with Gasteiger partial charge in [-0.2, -0.15) is 0 Å². The van der Waals surface area contributed by atoms with Crippen molar-refractivity contribution in [2.24, 2.45) is 0 Å². The summed E-state index contributed by atoms with van der Waals surface area (Å²) in [6.45, 7) is 3.94. The normalized spacial score (nSPS) is 9.82. The number of benzene rings is 1. The van der Waals surface area contributed by atoms with E-state index in [1.165, 1.54) is 12.1 Å². The van der Waals surface area contributed by atoms with Crippen LogP contribution in [-0.2, 0) is 9.59 Å². The Balaban J connectivity index is 2.61. The first kappa shape index (κ1) is 13.2. The molecular weight excluding hydrogens is 223 g/mol. The second kappa shape index (κ2) is 5.98. The lowest BCUT2D eigenvalue weighted by molar-refractivity contribution is -0.136. The number of halogens is 1. The Hall–Kier alpha value is -1.91. The fourth-order valence-corrected chi connectivity index (χ4v) is 1.18. The summed E-state index contributed by atoms with van der Waals surface area (Å²) in [4.78, 5) is 22.6. The standard InChI is InChI=1S/C12H15FN2O2/c1-3-6-14-11(16)12(17)15-9-5-4-8(2)10(13)7-9/h4-5,7H,3,6H2,1-2H3,(H,14,16)(H,15,17). The van der Waals surface area contributed by atoms with Crippen LogP contribution in [0.3, 0.4) is 0 Å². The summed E-state index contributed by atoms with van der Waals surface area (Å²) < 4.78 is 13.2. The van der Waals surface area contributed by atoms with Crippen LogP contribution in [0.2, 0.25) is 0 Å². The van der Waals surface area contributed by atoms with E-state index in [9.17, 15) is 14.0 Å². The molecule has 0 radical (unpaired) electrons. The Labute approximate surface area is 99.2 Å². The highest BCUT2D eigenvalue weighted by molar-refractivity contribution is 6.39. The molecular formula is C12H15FN2O2. The van der Waals surface area contributed by atoms with Crippen molar-refractivity contribution in [3.63, 3.8) is 0 Å². The van der Waals surface area contributed by atoms with E-state index in [4.69, 9.17) is 0 Å². The molecule has 1 rings (SSSR count). The Bertz CT molecular complexity index is 433. The number of carbonyl (C=O) groups excluding carboxylic acids is 2. The average Bonchev–Trinajstić information content (AvgIpc) is 2.30. The molecule has 0 atom stereocenters. The van der Waals surface area contributed by atoms with E-state index in [1.54, 1.807) is 13.0 Å². The maximum absolute atomic E-state index is 13.2. The predicted octanol–water partition coefficient (Wildman–Crippen LogP) is 1.60. The van der Waals surface area contributed by atoms with E-state index < -0.39 is 17.6 Å². The van der Waals surface area contributed by atoms with E-state index in [0.717, 1.165) is 6.42 Å². The molecule has 1 aromatic carbocycles. The van der Waals surface area contributed by atoms with Crippen molar-refractivity contribution in [1.82, 2.24) is 5.32 Å². The molecule has 0 fully saturated rings. The van der Waals surface area contributed by atoms with E-state index in [1.807, 2.05) is 6.92 Å². The minimum Gasteiger partial charge on any atom is -0.348 e.